The first-order valence-electron chi connectivity index (χ1n) is 9.31. The Labute approximate surface area is 157 Å². The van der Waals surface area contributed by atoms with E-state index in [0.29, 0.717) is 12.3 Å². The van der Waals surface area contributed by atoms with Gasteiger partial charge in [-0.1, -0.05) is 0 Å². The largest absolute Gasteiger partial charge is 0.376 e. The minimum Gasteiger partial charge on any atom is -0.376 e. The van der Waals surface area contributed by atoms with Gasteiger partial charge in [-0.3, -0.25) is 14.4 Å². The zero-order valence-corrected chi connectivity index (χ0v) is 15.9. The molecule has 2 aliphatic rings. The van der Waals surface area contributed by atoms with Gasteiger partial charge in [-0.05, 0) is 26.3 Å². The molecule has 1 unspecified atom stereocenters. The number of hydrogen-bond donors (Lipinski definition) is 1. The van der Waals surface area contributed by atoms with Crippen LogP contribution in [0.15, 0.2) is 10.9 Å². The Morgan fingerprint density at radius 1 is 1.50 bits per heavy atom. The molecule has 140 valence electrons. The fourth-order valence-electron chi connectivity index (χ4n) is 3.88. The van der Waals surface area contributed by atoms with E-state index < -0.39 is 0 Å². The van der Waals surface area contributed by atoms with Crippen LogP contribution in [-0.2, 0) is 30.9 Å². The Morgan fingerprint density at radius 3 is 3.23 bits per heavy atom. The van der Waals surface area contributed by atoms with Crippen LogP contribution in [-0.4, -0.2) is 51.3 Å². The highest BCUT2D eigenvalue weighted by Gasteiger charge is 2.26. The minimum atomic E-state index is -0.0702. The zero-order valence-electron chi connectivity index (χ0n) is 15.1. The van der Waals surface area contributed by atoms with Gasteiger partial charge in [0, 0.05) is 48.7 Å². The van der Waals surface area contributed by atoms with E-state index in [4.69, 9.17) is 9.84 Å². The topological polar surface area (TPSA) is 72.3 Å². The molecule has 4 heterocycles. The van der Waals surface area contributed by atoms with Gasteiger partial charge in [-0.2, -0.15) is 5.10 Å². The summed E-state index contributed by atoms with van der Waals surface area (Å²) in [6, 6.07) is 0.165. The summed E-state index contributed by atoms with van der Waals surface area (Å²) in [5, 5.41) is 9.75. The SMILES string of the molecule is CCn1nc(CN2CCCC(NC(=O)c3cscn3)C2)c2c1CCOC2. The van der Waals surface area contributed by atoms with Gasteiger partial charge >= 0.3 is 0 Å². The molecule has 1 N–H and O–H groups in total. The number of fused-ring (bicyclic) bond motifs is 1. The molecule has 7 nitrogen and oxygen atoms in total. The number of aromatic nitrogens is 3. The summed E-state index contributed by atoms with van der Waals surface area (Å²) in [7, 11) is 0. The van der Waals surface area contributed by atoms with E-state index in [1.54, 1.807) is 10.9 Å². The Balaban J connectivity index is 1.41. The van der Waals surface area contributed by atoms with Gasteiger partial charge in [0.25, 0.3) is 5.91 Å². The highest BCUT2D eigenvalue weighted by atomic mass is 32.1. The van der Waals surface area contributed by atoms with Crippen molar-refractivity contribution in [1.82, 2.24) is 25.0 Å². The molecule has 8 heteroatoms. The number of piperidine rings is 1. The number of likely N-dealkylation sites (tertiary alicyclic amines) is 1. The van der Waals surface area contributed by atoms with Crippen molar-refractivity contribution < 1.29 is 9.53 Å². The smallest absolute Gasteiger partial charge is 0.271 e. The van der Waals surface area contributed by atoms with E-state index in [0.717, 1.165) is 57.7 Å². The number of nitrogens with one attached hydrogen (secondary N) is 1. The fourth-order valence-corrected chi connectivity index (χ4v) is 4.41. The van der Waals surface area contributed by atoms with Gasteiger partial charge < -0.3 is 10.1 Å². The summed E-state index contributed by atoms with van der Waals surface area (Å²) in [6.45, 7) is 7.20. The number of ether oxygens (including phenoxy) is 1. The van der Waals surface area contributed by atoms with Crippen LogP contribution >= 0.6 is 11.3 Å². The van der Waals surface area contributed by atoms with Crippen molar-refractivity contribution in [2.75, 3.05) is 19.7 Å². The van der Waals surface area contributed by atoms with E-state index >= 15 is 0 Å². The van der Waals surface area contributed by atoms with E-state index in [9.17, 15) is 4.79 Å². The molecule has 1 fully saturated rings. The zero-order chi connectivity index (χ0) is 17.9. The van der Waals surface area contributed by atoms with Crippen molar-refractivity contribution in [1.29, 1.82) is 0 Å². The van der Waals surface area contributed by atoms with Crippen LogP contribution in [0.1, 0.15) is 47.2 Å². The van der Waals surface area contributed by atoms with Crippen LogP contribution in [0.2, 0.25) is 0 Å². The maximum absolute atomic E-state index is 12.3. The first-order valence-corrected chi connectivity index (χ1v) is 10.3. The number of carbonyl (C=O) groups excluding carboxylic acids is 1. The number of carbonyl (C=O) groups is 1. The van der Waals surface area contributed by atoms with Crippen molar-refractivity contribution in [3.63, 3.8) is 0 Å². The molecule has 1 amide bonds. The highest BCUT2D eigenvalue weighted by molar-refractivity contribution is 7.07. The van der Waals surface area contributed by atoms with E-state index in [1.807, 2.05) is 0 Å². The van der Waals surface area contributed by atoms with E-state index in [2.05, 4.69) is 26.8 Å². The van der Waals surface area contributed by atoms with Crippen LogP contribution in [0.5, 0.6) is 0 Å². The third kappa shape index (κ3) is 3.67. The van der Waals surface area contributed by atoms with Crippen molar-refractivity contribution >= 4 is 17.2 Å². The predicted molar refractivity (Wildman–Crippen MR) is 99.1 cm³/mol. The predicted octanol–water partition coefficient (Wildman–Crippen LogP) is 1.83. The van der Waals surface area contributed by atoms with Gasteiger partial charge in [0.2, 0.25) is 0 Å². The monoisotopic (exact) mass is 375 g/mol. The quantitative estimate of drug-likeness (QED) is 0.863. The normalized spacial score (nSPS) is 20.7. The number of hydrogen-bond acceptors (Lipinski definition) is 6. The molecule has 1 atom stereocenters. The van der Waals surface area contributed by atoms with Crippen molar-refractivity contribution in [3.05, 3.63) is 33.5 Å². The van der Waals surface area contributed by atoms with Crippen molar-refractivity contribution in [2.24, 2.45) is 0 Å². The molecule has 2 aliphatic heterocycles. The number of aryl methyl sites for hydroxylation is 1. The summed E-state index contributed by atoms with van der Waals surface area (Å²) >= 11 is 1.44. The second-order valence-corrected chi connectivity index (χ2v) is 7.63. The number of nitrogens with zero attached hydrogens (tertiary/aromatic N) is 4. The van der Waals surface area contributed by atoms with Gasteiger partial charge in [0.1, 0.15) is 5.69 Å². The standard InChI is InChI=1S/C18H25N5O2S/c1-2-23-17-5-7-25-10-14(17)15(21-23)9-22-6-3-4-13(8-22)20-18(24)16-11-26-12-19-16/h11-13H,2-10H2,1H3,(H,20,24). The summed E-state index contributed by atoms with van der Waals surface area (Å²) < 4.78 is 7.79. The van der Waals surface area contributed by atoms with Crippen LogP contribution < -0.4 is 5.32 Å². The van der Waals surface area contributed by atoms with Gasteiger partial charge in [0.15, 0.2) is 0 Å². The Kier molecular flexibility index (Phi) is 5.33. The highest BCUT2D eigenvalue weighted by Crippen LogP contribution is 2.23. The molecular weight excluding hydrogens is 350 g/mol. The first kappa shape index (κ1) is 17.6. The molecule has 0 aromatic carbocycles. The third-order valence-corrected chi connectivity index (χ3v) is 5.74. The van der Waals surface area contributed by atoms with Gasteiger partial charge in [0.05, 0.1) is 24.4 Å². The van der Waals surface area contributed by atoms with Crippen LogP contribution in [0.4, 0.5) is 0 Å². The molecular formula is C18H25N5O2S. The average molecular weight is 375 g/mol. The summed E-state index contributed by atoms with van der Waals surface area (Å²) in [6.07, 6.45) is 3.04. The molecule has 2 aromatic heterocycles. The Bertz CT molecular complexity index is 758. The number of thiazole rings is 1. The lowest BCUT2D eigenvalue weighted by atomic mass is 10.0. The molecule has 0 spiro atoms. The lowest BCUT2D eigenvalue weighted by Crippen LogP contribution is -2.47. The second-order valence-electron chi connectivity index (χ2n) is 6.91. The van der Waals surface area contributed by atoms with Crippen LogP contribution in [0.3, 0.4) is 0 Å². The van der Waals surface area contributed by atoms with Gasteiger partial charge in [-0.15, -0.1) is 11.3 Å². The van der Waals surface area contributed by atoms with Gasteiger partial charge in [-0.25, -0.2) is 4.98 Å². The van der Waals surface area contributed by atoms with Crippen LogP contribution in [0, 0.1) is 0 Å². The summed E-state index contributed by atoms with van der Waals surface area (Å²) in [4.78, 5) is 18.7. The summed E-state index contributed by atoms with van der Waals surface area (Å²) in [5.41, 5.74) is 5.94. The average Bonchev–Trinajstić information content (AvgIpc) is 3.31. The minimum absolute atomic E-state index is 0.0702. The molecule has 26 heavy (non-hydrogen) atoms. The number of rotatable bonds is 5. The van der Waals surface area contributed by atoms with E-state index in [1.165, 1.54) is 22.6 Å². The molecule has 1 saturated heterocycles. The molecule has 4 rings (SSSR count). The molecule has 0 bridgehead atoms. The summed E-state index contributed by atoms with van der Waals surface area (Å²) in [5.74, 6) is -0.0702. The Morgan fingerprint density at radius 2 is 2.42 bits per heavy atom. The fraction of sp³-hybridized carbons (Fsp3) is 0.611. The lowest BCUT2D eigenvalue weighted by Gasteiger charge is -2.32. The Hall–Kier alpha value is -1.77. The maximum Gasteiger partial charge on any atom is 0.271 e. The van der Waals surface area contributed by atoms with Crippen LogP contribution in [0.25, 0.3) is 0 Å². The first-order chi connectivity index (χ1) is 12.7. The lowest BCUT2D eigenvalue weighted by molar-refractivity contribution is 0.0894. The maximum atomic E-state index is 12.3. The van der Waals surface area contributed by atoms with Crippen molar-refractivity contribution in [3.8, 4) is 0 Å². The molecule has 0 radical (unpaired) electrons. The molecule has 0 aliphatic carbocycles. The molecule has 0 saturated carbocycles. The second kappa shape index (κ2) is 7.85. The molecule has 2 aromatic rings. The number of amides is 1. The van der Waals surface area contributed by atoms with Crippen molar-refractivity contribution in [2.45, 2.75) is 51.9 Å². The third-order valence-electron chi connectivity index (χ3n) is 5.16. The van der Waals surface area contributed by atoms with E-state index in [-0.39, 0.29) is 11.9 Å².